The van der Waals surface area contributed by atoms with Gasteiger partial charge in [-0.25, -0.2) is 0 Å². The van der Waals surface area contributed by atoms with Crippen molar-refractivity contribution in [3.8, 4) is 11.3 Å². The van der Waals surface area contributed by atoms with Gasteiger partial charge in [-0.05, 0) is 12.1 Å². The molecule has 0 atom stereocenters. The summed E-state index contributed by atoms with van der Waals surface area (Å²) in [7, 11) is 3.37. The van der Waals surface area contributed by atoms with Crippen molar-refractivity contribution in [2.24, 2.45) is 7.05 Å². The summed E-state index contributed by atoms with van der Waals surface area (Å²) in [6.45, 7) is 1.67. The van der Waals surface area contributed by atoms with Gasteiger partial charge in [0.05, 0.1) is 34.5 Å². The number of rotatable bonds is 3. The van der Waals surface area contributed by atoms with Crippen molar-refractivity contribution in [1.29, 1.82) is 0 Å². The molecule has 0 fully saturated rings. The van der Waals surface area contributed by atoms with Crippen molar-refractivity contribution in [2.45, 2.75) is 13.1 Å². The van der Waals surface area contributed by atoms with Crippen molar-refractivity contribution in [3.63, 3.8) is 0 Å². The van der Waals surface area contributed by atoms with E-state index < -0.39 is 0 Å². The van der Waals surface area contributed by atoms with Gasteiger partial charge in [0.1, 0.15) is 12.1 Å². The third-order valence-electron chi connectivity index (χ3n) is 4.55. The normalized spacial score (nSPS) is 14.1. The number of halogens is 2. The Morgan fingerprint density at radius 3 is 2.81 bits per heavy atom. The molecule has 0 radical (unpaired) electrons. The molecule has 1 aliphatic rings. The summed E-state index contributed by atoms with van der Waals surface area (Å²) in [4.78, 5) is 14.0. The first kappa shape index (κ1) is 17.3. The predicted octanol–water partition coefficient (Wildman–Crippen LogP) is 2.73. The second-order valence-corrected chi connectivity index (χ2v) is 7.02. The van der Waals surface area contributed by atoms with Crippen molar-refractivity contribution in [1.82, 2.24) is 24.5 Å². The van der Waals surface area contributed by atoms with Gasteiger partial charge in [-0.15, -0.1) is 0 Å². The first-order valence-corrected chi connectivity index (χ1v) is 8.89. The van der Waals surface area contributed by atoms with Gasteiger partial charge in [0.25, 0.3) is 0 Å². The fourth-order valence-corrected chi connectivity index (χ4v) is 3.70. The SMILES string of the molecule is COCC(=O)N1CCn2nc3c(Cl)c(Cl)cc(-c4ccn(C)n4)c3c2C1. The minimum atomic E-state index is -0.0486. The standard InChI is InChI=1S/C17H17Cl2N5O2/c1-22-4-3-12(20-22)10-7-11(18)16(19)17-15(10)13-8-23(14(25)9-26-2)5-6-24(13)21-17/h3-4,7H,5-6,8-9H2,1-2H3. The Bertz CT molecular complexity index is 1010. The zero-order valence-corrected chi connectivity index (χ0v) is 15.9. The van der Waals surface area contributed by atoms with Gasteiger partial charge < -0.3 is 9.64 Å². The van der Waals surface area contributed by atoms with Crippen LogP contribution in [0.3, 0.4) is 0 Å². The first-order chi connectivity index (χ1) is 12.5. The first-order valence-electron chi connectivity index (χ1n) is 8.13. The predicted molar refractivity (Wildman–Crippen MR) is 99.2 cm³/mol. The fraction of sp³-hybridized carbons (Fsp3) is 0.353. The number of hydrogen-bond acceptors (Lipinski definition) is 4. The Balaban J connectivity index is 1.90. The third-order valence-corrected chi connectivity index (χ3v) is 5.33. The molecule has 1 amide bonds. The van der Waals surface area contributed by atoms with Gasteiger partial charge in [-0.3, -0.25) is 14.2 Å². The molecule has 2 aromatic heterocycles. The van der Waals surface area contributed by atoms with Crippen molar-refractivity contribution < 1.29 is 9.53 Å². The maximum Gasteiger partial charge on any atom is 0.248 e. The number of carbonyl (C=O) groups is 1. The van der Waals surface area contributed by atoms with Gasteiger partial charge in [0, 0.05) is 37.8 Å². The molecule has 1 aromatic carbocycles. The smallest absolute Gasteiger partial charge is 0.248 e. The van der Waals surface area contributed by atoms with Crippen molar-refractivity contribution >= 4 is 40.0 Å². The van der Waals surface area contributed by atoms with Crippen LogP contribution in [-0.4, -0.2) is 50.6 Å². The molecule has 0 unspecified atom stereocenters. The van der Waals surface area contributed by atoms with Crippen LogP contribution < -0.4 is 0 Å². The van der Waals surface area contributed by atoms with Crippen LogP contribution in [0.15, 0.2) is 18.3 Å². The average Bonchev–Trinajstić information content (AvgIpc) is 3.22. The lowest BCUT2D eigenvalue weighted by Crippen LogP contribution is -2.40. The molecule has 0 N–H and O–H groups in total. The summed E-state index contributed by atoms with van der Waals surface area (Å²) in [5, 5.41) is 10.9. The molecule has 136 valence electrons. The van der Waals surface area contributed by atoms with E-state index in [0.717, 1.165) is 22.3 Å². The summed E-state index contributed by atoms with van der Waals surface area (Å²) in [5.41, 5.74) is 3.20. The second kappa shape index (κ2) is 6.57. The molecule has 26 heavy (non-hydrogen) atoms. The largest absolute Gasteiger partial charge is 0.375 e. The summed E-state index contributed by atoms with van der Waals surface area (Å²) < 4.78 is 8.61. The molecule has 3 aromatic rings. The number of aromatic nitrogens is 4. The maximum atomic E-state index is 12.3. The van der Waals surface area contributed by atoms with Crippen LogP contribution in [0.25, 0.3) is 22.2 Å². The van der Waals surface area contributed by atoms with Crippen LogP contribution >= 0.6 is 23.2 Å². The van der Waals surface area contributed by atoms with E-state index in [1.165, 1.54) is 7.11 Å². The molecule has 3 heterocycles. The van der Waals surface area contributed by atoms with Crippen molar-refractivity contribution in [3.05, 3.63) is 34.1 Å². The monoisotopic (exact) mass is 393 g/mol. The molecule has 7 nitrogen and oxygen atoms in total. The Hall–Kier alpha value is -2.09. The van der Waals surface area contributed by atoms with E-state index in [2.05, 4.69) is 10.2 Å². The van der Waals surface area contributed by atoms with E-state index in [1.807, 2.05) is 30.1 Å². The number of fused-ring (bicyclic) bond motifs is 3. The quantitative estimate of drug-likeness (QED) is 0.685. The highest BCUT2D eigenvalue weighted by Gasteiger charge is 2.27. The fourth-order valence-electron chi connectivity index (χ4n) is 3.32. The zero-order valence-electron chi connectivity index (χ0n) is 14.4. The summed E-state index contributed by atoms with van der Waals surface area (Å²) in [6.07, 6.45) is 1.87. The minimum Gasteiger partial charge on any atom is -0.375 e. The molecule has 0 saturated carbocycles. The molecule has 0 aliphatic carbocycles. The molecule has 0 bridgehead atoms. The van der Waals surface area contributed by atoms with Crippen LogP contribution in [0.4, 0.5) is 0 Å². The van der Waals surface area contributed by atoms with Crippen LogP contribution in [0.2, 0.25) is 10.0 Å². The lowest BCUT2D eigenvalue weighted by molar-refractivity contribution is -0.136. The van der Waals surface area contributed by atoms with E-state index in [-0.39, 0.29) is 12.5 Å². The lowest BCUT2D eigenvalue weighted by Gasteiger charge is -2.28. The van der Waals surface area contributed by atoms with Crippen LogP contribution in [0.1, 0.15) is 5.69 Å². The number of hydrogen-bond donors (Lipinski definition) is 0. The van der Waals surface area contributed by atoms with Gasteiger partial charge in [-0.1, -0.05) is 23.2 Å². The highest BCUT2D eigenvalue weighted by atomic mass is 35.5. The third kappa shape index (κ3) is 2.76. The highest BCUT2D eigenvalue weighted by Crippen LogP contribution is 2.40. The number of nitrogens with zero attached hydrogens (tertiary/aromatic N) is 5. The summed E-state index contributed by atoms with van der Waals surface area (Å²) in [6, 6.07) is 3.73. The summed E-state index contributed by atoms with van der Waals surface area (Å²) >= 11 is 12.8. The van der Waals surface area contributed by atoms with E-state index in [1.54, 1.807) is 9.58 Å². The molecule has 9 heteroatoms. The number of amides is 1. The van der Waals surface area contributed by atoms with E-state index in [9.17, 15) is 4.79 Å². The molecule has 0 saturated heterocycles. The van der Waals surface area contributed by atoms with Crippen molar-refractivity contribution in [2.75, 3.05) is 20.3 Å². The Morgan fingerprint density at radius 1 is 1.31 bits per heavy atom. The molecule has 0 spiro atoms. The Kier molecular flexibility index (Phi) is 4.38. The van der Waals surface area contributed by atoms with Gasteiger partial charge in [0.2, 0.25) is 5.91 Å². The van der Waals surface area contributed by atoms with E-state index in [0.29, 0.717) is 35.2 Å². The number of carbonyl (C=O) groups excluding carboxylic acids is 1. The molecular formula is C17H17Cl2N5O2. The number of ether oxygens (including phenoxy) is 1. The molecule has 1 aliphatic heterocycles. The summed E-state index contributed by atoms with van der Waals surface area (Å²) in [5.74, 6) is -0.0486. The topological polar surface area (TPSA) is 65.2 Å². The number of aryl methyl sites for hydroxylation is 1. The highest BCUT2D eigenvalue weighted by molar-refractivity contribution is 6.45. The van der Waals surface area contributed by atoms with E-state index >= 15 is 0 Å². The number of benzene rings is 1. The molecular weight excluding hydrogens is 377 g/mol. The lowest BCUT2D eigenvalue weighted by atomic mass is 10.0. The second-order valence-electron chi connectivity index (χ2n) is 6.24. The average molecular weight is 394 g/mol. The van der Waals surface area contributed by atoms with Crippen LogP contribution in [-0.2, 0) is 29.7 Å². The maximum absolute atomic E-state index is 12.3. The minimum absolute atomic E-state index is 0.0486. The van der Waals surface area contributed by atoms with Gasteiger partial charge >= 0.3 is 0 Å². The van der Waals surface area contributed by atoms with Crippen LogP contribution in [0.5, 0.6) is 0 Å². The van der Waals surface area contributed by atoms with Gasteiger partial charge in [-0.2, -0.15) is 10.2 Å². The van der Waals surface area contributed by atoms with E-state index in [4.69, 9.17) is 27.9 Å². The molecule has 4 rings (SSSR count). The van der Waals surface area contributed by atoms with Gasteiger partial charge in [0.15, 0.2) is 0 Å². The number of methoxy groups -OCH3 is 1. The Labute approximate surface area is 160 Å². The van der Waals surface area contributed by atoms with Crippen LogP contribution in [0, 0.1) is 0 Å². The Morgan fingerprint density at radius 2 is 2.12 bits per heavy atom. The zero-order chi connectivity index (χ0) is 18.4.